The molecule has 0 saturated heterocycles. The molecule has 15 heavy (non-hydrogen) atoms. The van der Waals surface area contributed by atoms with Crippen molar-refractivity contribution in [1.82, 2.24) is 10.2 Å². The van der Waals surface area contributed by atoms with Crippen molar-refractivity contribution >= 4 is 0 Å². The van der Waals surface area contributed by atoms with Gasteiger partial charge in [0.05, 0.1) is 12.8 Å². The normalized spacial score (nSPS) is 10.3. The van der Waals surface area contributed by atoms with Crippen LogP contribution in [0.1, 0.15) is 45.1 Å². The topological polar surface area (TPSA) is 35.0 Å². The molecule has 1 rings (SSSR count). The molecular formula is C12H20N2O. The van der Waals surface area contributed by atoms with Gasteiger partial charge in [0, 0.05) is 5.56 Å². The molecule has 0 bridgehead atoms. The van der Waals surface area contributed by atoms with E-state index in [1.165, 1.54) is 18.4 Å². The molecule has 1 aromatic heterocycles. The molecule has 0 aliphatic carbocycles. The van der Waals surface area contributed by atoms with Crippen LogP contribution in [0.25, 0.3) is 0 Å². The lowest BCUT2D eigenvalue weighted by atomic mass is 10.1. The van der Waals surface area contributed by atoms with E-state index in [4.69, 9.17) is 4.74 Å². The van der Waals surface area contributed by atoms with E-state index in [-0.39, 0.29) is 0 Å². The minimum absolute atomic E-state index is 0.722. The smallest absolute Gasteiger partial charge is 0.236 e. The zero-order valence-corrected chi connectivity index (χ0v) is 9.70. The quantitative estimate of drug-likeness (QED) is 0.646. The molecule has 84 valence electrons. The monoisotopic (exact) mass is 208 g/mol. The van der Waals surface area contributed by atoms with Gasteiger partial charge < -0.3 is 4.74 Å². The molecule has 0 radical (unpaired) electrons. The van der Waals surface area contributed by atoms with Crippen molar-refractivity contribution in [2.45, 2.75) is 46.0 Å². The van der Waals surface area contributed by atoms with Gasteiger partial charge in [0.15, 0.2) is 0 Å². The van der Waals surface area contributed by atoms with Crippen LogP contribution in [0.5, 0.6) is 5.88 Å². The van der Waals surface area contributed by atoms with Crippen molar-refractivity contribution < 1.29 is 4.74 Å². The van der Waals surface area contributed by atoms with Crippen LogP contribution in [0.2, 0.25) is 0 Å². The van der Waals surface area contributed by atoms with E-state index in [1.807, 2.05) is 6.07 Å². The van der Waals surface area contributed by atoms with Gasteiger partial charge in [-0.25, -0.2) is 0 Å². The lowest BCUT2D eigenvalue weighted by Crippen LogP contribution is -2.03. The maximum Gasteiger partial charge on any atom is 0.236 e. The number of hydrogen-bond donors (Lipinski definition) is 0. The molecular weight excluding hydrogens is 188 g/mol. The number of hydrogen-bond acceptors (Lipinski definition) is 3. The van der Waals surface area contributed by atoms with Crippen LogP contribution >= 0.6 is 0 Å². The fraction of sp³-hybridized carbons (Fsp3) is 0.667. The molecule has 0 spiro atoms. The maximum atomic E-state index is 5.60. The van der Waals surface area contributed by atoms with Crippen molar-refractivity contribution in [3.8, 4) is 5.88 Å². The molecule has 3 heteroatoms. The van der Waals surface area contributed by atoms with Gasteiger partial charge in [0.1, 0.15) is 0 Å². The van der Waals surface area contributed by atoms with Crippen LogP contribution < -0.4 is 4.74 Å². The molecule has 1 aromatic rings. The summed E-state index contributed by atoms with van der Waals surface area (Å²) in [5.41, 5.74) is 1.18. The highest BCUT2D eigenvalue weighted by Crippen LogP contribution is 2.16. The second kappa shape index (κ2) is 7.21. The Bertz CT molecular complexity index is 276. The Labute approximate surface area is 91.9 Å². The second-order valence-electron chi connectivity index (χ2n) is 3.67. The van der Waals surface area contributed by atoms with Gasteiger partial charge in [0.25, 0.3) is 0 Å². The van der Waals surface area contributed by atoms with E-state index in [0.29, 0.717) is 0 Å². The number of aromatic nitrogens is 2. The number of unbranched alkanes of at least 4 members (excludes halogenated alkanes) is 2. The third-order valence-corrected chi connectivity index (χ3v) is 2.30. The molecule has 0 amide bonds. The summed E-state index contributed by atoms with van der Waals surface area (Å²) >= 11 is 0. The highest BCUT2D eigenvalue weighted by atomic mass is 16.5. The minimum atomic E-state index is 0.722. The van der Waals surface area contributed by atoms with Gasteiger partial charge in [-0.2, -0.15) is 5.10 Å². The average molecular weight is 208 g/mol. The molecule has 0 fully saturated rings. The molecule has 0 saturated carbocycles. The van der Waals surface area contributed by atoms with Gasteiger partial charge in [-0.15, -0.1) is 5.10 Å². The molecule has 0 aliphatic rings. The molecule has 0 aliphatic heterocycles. The SMILES string of the molecule is CCCCOc1nnccc1CCCC. The Morgan fingerprint density at radius 1 is 1.20 bits per heavy atom. The lowest BCUT2D eigenvalue weighted by Gasteiger charge is -2.08. The minimum Gasteiger partial charge on any atom is -0.476 e. The Hall–Kier alpha value is -1.12. The van der Waals surface area contributed by atoms with Crippen LogP contribution in [0.4, 0.5) is 0 Å². The van der Waals surface area contributed by atoms with E-state index in [0.717, 1.165) is 31.7 Å². The highest BCUT2D eigenvalue weighted by molar-refractivity contribution is 5.23. The van der Waals surface area contributed by atoms with Crippen molar-refractivity contribution in [2.24, 2.45) is 0 Å². The van der Waals surface area contributed by atoms with E-state index < -0.39 is 0 Å². The fourth-order valence-electron chi connectivity index (χ4n) is 1.34. The standard InChI is InChI=1S/C12H20N2O/c1-3-5-7-11-8-9-13-14-12(11)15-10-6-4-2/h8-9H,3-7,10H2,1-2H3. The first-order valence-corrected chi connectivity index (χ1v) is 5.81. The Morgan fingerprint density at radius 2 is 2.00 bits per heavy atom. The Balaban J connectivity index is 2.52. The summed E-state index contributed by atoms with van der Waals surface area (Å²) in [6, 6.07) is 2.00. The average Bonchev–Trinajstić information content (AvgIpc) is 2.28. The van der Waals surface area contributed by atoms with Gasteiger partial charge in [0.2, 0.25) is 5.88 Å². The fourth-order valence-corrected chi connectivity index (χ4v) is 1.34. The molecule has 0 unspecified atom stereocenters. The third-order valence-electron chi connectivity index (χ3n) is 2.30. The zero-order chi connectivity index (χ0) is 10.9. The van der Waals surface area contributed by atoms with Crippen molar-refractivity contribution in [3.63, 3.8) is 0 Å². The van der Waals surface area contributed by atoms with Gasteiger partial charge in [-0.3, -0.25) is 0 Å². The van der Waals surface area contributed by atoms with Gasteiger partial charge in [-0.1, -0.05) is 26.7 Å². The van der Waals surface area contributed by atoms with Crippen LogP contribution in [-0.4, -0.2) is 16.8 Å². The van der Waals surface area contributed by atoms with Crippen LogP contribution in [0.15, 0.2) is 12.3 Å². The van der Waals surface area contributed by atoms with Crippen LogP contribution in [-0.2, 0) is 6.42 Å². The summed E-state index contributed by atoms with van der Waals surface area (Å²) in [6.45, 7) is 5.08. The Morgan fingerprint density at radius 3 is 2.73 bits per heavy atom. The first-order valence-electron chi connectivity index (χ1n) is 5.81. The summed E-state index contributed by atoms with van der Waals surface area (Å²) in [7, 11) is 0. The number of ether oxygens (including phenoxy) is 1. The van der Waals surface area contributed by atoms with Crippen molar-refractivity contribution in [1.29, 1.82) is 0 Å². The maximum absolute atomic E-state index is 5.60. The molecule has 0 N–H and O–H groups in total. The molecule has 0 atom stereocenters. The number of aryl methyl sites for hydroxylation is 1. The first-order chi connectivity index (χ1) is 7.38. The summed E-state index contributed by atoms with van der Waals surface area (Å²) in [5, 5.41) is 7.89. The molecule has 3 nitrogen and oxygen atoms in total. The van der Waals surface area contributed by atoms with Crippen molar-refractivity contribution in [2.75, 3.05) is 6.61 Å². The Kier molecular flexibility index (Phi) is 5.74. The highest BCUT2D eigenvalue weighted by Gasteiger charge is 2.04. The van der Waals surface area contributed by atoms with E-state index in [9.17, 15) is 0 Å². The predicted octanol–water partition coefficient (Wildman–Crippen LogP) is 3.00. The third kappa shape index (κ3) is 4.28. The summed E-state index contributed by atoms with van der Waals surface area (Å²) < 4.78 is 5.60. The zero-order valence-electron chi connectivity index (χ0n) is 9.70. The predicted molar refractivity (Wildman–Crippen MR) is 61.0 cm³/mol. The second-order valence-corrected chi connectivity index (χ2v) is 3.67. The number of nitrogens with zero attached hydrogens (tertiary/aromatic N) is 2. The van der Waals surface area contributed by atoms with E-state index in [1.54, 1.807) is 6.20 Å². The van der Waals surface area contributed by atoms with E-state index >= 15 is 0 Å². The van der Waals surface area contributed by atoms with Gasteiger partial charge in [-0.05, 0) is 25.3 Å². The van der Waals surface area contributed by atoms with Gasteiger partial charge >= 0.3 is 0 Å². The molecule has 1 heterocycles. The summed E-state index contributed by atoms with van der Waals surface area (Å²) in [5.74, 6) is 0.722. The van der Waals surface area contributed by atoms with Crippen LogP contribution in [0.3, 0.4) is 0 Å². The largest absolute Gasteiger partial charge is 0.476 e. The number of rotatable bonds is 7. The summed E-state index contributed by atoms with van der Waals surface area (Å²) in [4.78, 5) is 0. The summed E-state index contributed by atoms with van der Waals surface area (Å²) in [6.07, 6.45) is 7.35. The lowest BCUT2D eigenvalue weighted by molar-refractivity contribution is 0.290. The first kappa shape index (κ1) is 12.0. The van der Waals surface area contributed by atoms with Crippen molar-refractivity contribution in [3.05, 3.63) is 17.8 Å². The van der Waals surface area contributed by atoms with E-state index in [2.05, 4.69) is 24.0 Å². The van der Waals surface area contributed by atoms with Crippen LogP contribution in [0, 0.1) is 0 Å². The molecule has 0 aromatic carbocycles.